The quantitative estimate of drug-likeness (QED) is 0.449. The Kier molecular flexibility index (Phi) is 7.02. The highest BCUT2D eigenvalue weighted by Crippen LogP contribution is 2.19. The summed E-state index contributed by atoms with van der Waals surface area (Å²) in [7, 11) is 3.41. The van der Waals surface area contributed by atoms with Gasteiger partial charge >= 0.3 is 5.97 Å². The largest absolute Gasteiger partial charge is 0.469 e. The van der Waals surface area contributed by atoms with Crippen LogP contribution in [0, 0.1) is 12.8 Å². The predicted octanol–water partition coefficient (Wildman–Crippen LogP) is 1.76. The number of likely N-dealkylation sites (tertiary alicyclic amines) is 1. The molecular weight excluding hydrogens is 376 g/mol. The van der Waals surface area contributed by atoms with E-state index >= 15 is 0 Å². The third kappa shape index (κ3) is 5.09. The van der Waals surface area contributed by atoms with Crippen molar-refractivity contribution in [2.24, 2.45) is 18.0 Å². The number of ether oxygens (including phenoxy) is 1. The average molecular weight is 405 g/mol. The maximum absolute atomic E-state index is 11.8. The molecule has 0 radical (unpaired) electrons. The highest BCUT2D eigenvalue weighted by Gasteiger charge is 2.27. The maximum Gasteiger partial charge on any atom is 0.308 e. The summed E-state index contributed by atoms with van der Waals surface area (Å²) in [5.41, 5.74) is 0. The number of nitrogens with one attached hydrogen (secondary N) is 1. The summed E-state index contributed by atoms with van der Waals surface area (Å²) in [6, 6.07) is 4.22. The van der Waals surface area contributed by atoms with Gasteiger partial charge in [0.15, 0.2) is 11.8 Å². The summed E-state index contributed by atoms with van der Waals surface area (Å²) in [5, 5.41) is 13.9. The first-order valence-electron chi connectivity index (χ1n) is 9.57. The molecule has 0 aliphatic carbocycles. The van der Waals surface area contributed by atoms with Gasteiger partial charge in [0.2, 0.25) is 0 Å². The van der Waals surface area contributed by atoms with E-state index in [9.17, 15) is 4.79 Å². The lowest BCUT2D eigenvalue weighted by atomic mass is 9.97. The topological polar surface area (TPSA) is 84.6 Å². The highest BCUT2D eigenvalue weighted by atomic mass is 32.1. The molecule has 3 rings (SSSR count). The van der Waals surface area contributed by atoms with E-state index in [-0.39, 0.29) is 11.9 Å². The molecule has 0 unspecified atom stereocenters. The predicted molar refractivity (Wildman–Crippen MR) is 109 cm³/mol. The first kappa shape index (κ1) is 20.3. The Bertz CT molecular complexity index is 793. The minimum absolute atomic E-state index is 0.0185. The van der Waals surface area contributed by atoms with Gasteiger partial charge in [0.1, 0.15) is 12.4 Å². The molecule has 8 nitrogen and oxygen atoms in total. The number of hydrogen-bond donors (Lipinski definition) is 1. The van der Waals surface area contributed by atoms with Crippen LogP contribution in [0.2, 0.25) is 0 Å². The Morgan fingerprint density at radius 2 is 2.18 bits per heavy atom. The van der Waals surface area contributed by atoms with E-state index < -0.39 is 0 Å². The number of rotatable bonds is 6. The maximum atomic E-state index is 11.8. The van der Waals surface area contributed by atoms with Crippen LogP contribution in [0.1, 0.15) is 29.4 Å². The molecule has 152 valence electrons. The summed E-state index contributed by atoms with van der Waals surface area (Å²) in [6.07, 6.45) is 2.51. The van der Waals surface area contributed by atoms with Gasteiger partial charge in [-0.1, -0.05) is 6.07 Å². The van der Waals surface area contributed by atoms with E-state index in [1.807, 2.05) is 18.5 Å². The Labute approximate surface area is 169 Å². The van der Waals surface area contributed by atoms with Crippen LogP contribution in [0.15, 0.2) is 22.5 Å². The van der Waals surface area contributed by atoms with Crippen molar-refractivity contribution in [2.45, 2.75) is 32.7 Å². The second-order valence-electron chi connectivity index (χ2n) is 6.90. The molecular formula is C19H28N6O2S. The van der Waals surface area contributed by atoms with Crippen LogP contribution in [-0.2, 0) is 29.5 Å². The van der Waals surface area contributed by atoms with Gasteiger partial charge in [0.25, 0.3) is 0 Å². The van der Waals surface area contributed by atoms with E-state index in [4.69, 9.17) is 9.73 Å². The van der Waals surface area contributed by atoms with Crippen molar-refractivity contribution in [3.63, 3.8) is 0 Å². The van der Waals surface area contributed by atoms with Crippen molar-refractivity contribution < 1.29 is 9.53 Å². The smallest absolute Gasteiger partial charge is 0.308 e. The van der Waals surface area contributed by atoms with Gasteiger partial charge < -0.3 is 19.5 Å². The summed E-state index contributed by atoms with van der Waals surface area (Å²) in [4.78, 5) is 20.2. The second-order valence-corrected chi connectivity index (χ2v) is 7.94. The van der Waals surface area contributed by atoms with Crippen LogP contribution in [0.3, 0.4) is 0 Å². The highest BCUT2D eigenvalue weighted by molar-refractivity contribution is 7.09. The number of aryl methyl sites for hydroxylation is 1. The number of carbonyl (C=O) groups is 1. The van der Waals surface area contributed by atoms with Crippen molar-refractivity contribution in [1.82, 2.24) is 25.0 Å². The lowest BCUT2D eigenvalue weighted by Gasteiger charge is -2.33. The molecule has 1 fully saturated rings. The molecule has 0 amide bonds. The van der Waals surface area contributed by atoms with Crippen LogP contribution in [0.4, 0.5) is 0 Å². The van der Waals surface area contributed by atoms with Crippen molar-refractivity contribution >= 4 is 23.3 Å². The minimum Gasteiger partial charge on any atom is -0.469 e. The monoisotopic (exact) mass is 404 g/mol. The SMILES string of the molecule is COC(=O)C1CCN(C(=NCc2nnc(C)n2C)NCCc2cccs2)CC1. The molecule has 0 atom stereocenters. The zero-order valence-electron chi connectivity index (χ0n) is 16.7. The Morgan fingerprint density at radius 3 is 2.79 bits per heavy atom. The van der Waals surface area contributed by atoms with Gasteiger partial charge in [-0.05, 0) is 37.6 Å². The normalized spacial score (nSPS) is 15.7. The van der Waals surface area contributed by atoms with E-state index in [0.717, 1.165) is 56.5 Å². The summed E-state index contributed by atoms with van der Waals surface area (Å²) in [6.45, 7) is 4.77. The van der Waals surface area contributed by atoms with Crippen LogP contribution in [0.5, 0.6) is 0 Å². The van der Waals surface area contributed by atoms with Crippen LogP contribution in [0.25, 0.3) is 0 Å². The van der Waals surface area contributed by atoms with E-state index in [2.05, 4.69) is 37.9 Å². The van der Waals surface area contributed by atoms with Crippen LogP contribution >= 0.6 is 11.3 Å². The third-order valence-corrected chi connectivity index (χ3v) is 6.05. The second kappa shape index (κ2) is 9.68. The number of guanidine groups is 1. The minimum atomic E-state index is -0.113. The number of nitrogens with zero attached hydrogens (tertiary/aromatic N) is 5. The van der Waals surface area contributed by atoms with Gasteiger partial charge in [0, 0.05) is 31.6 Å². The standard InChI is InChI=1S/C19H28N6O2S/c1-14-22-23-17(24(14)2)13-21-19(20-9-6-16-5-4-12-28-16)25-10-7-15(8-11-25)18(26)27-3/h4-5,12,15H,6-11,13H2,1-3H3,(H,20,21). The molecule has 2 aromatic heterocycles. The van der Waals surface area contributed by atoms with Gasteiger partial charge in [-0.25, -0.2) is 4.99 Å². The molecule has 0 saturated carbocycles. The molecule has 1 aliphatic heterocycles. The molecule has 0 aromatic carbocycles. The molecule has 0 bridgehead atoms. The first-order valence-corrected chi connectivity index (χ1v) is 10.4. The molecule has 9 heteroatoms. The van der Waals surface area contributed by atoms with Crippen LogP contribution < -0.4 is 5.32 Å². The summed E-state index contributed by atoms with van der Waals surface area (Å²) < 4.78 is 6.85. The molecule has 1 saturated heterocycles. The Hall–Kier alpha value is -2.42. The molecule has 2 aromatic rings. The molecule has 3 heterocycles. The number of aromatic nitrogens is 3. The fourth-order valence-corrected chi connectivity index (χ4v) is 3.96. The van der Waals surface area contributed by atoms with Crippen LogP contribution in [-0.4, -0.2) is 58.3 Å². The number of piperidine rings is 1. The molecule has 28 heavy (non-hydrogen) atoms. The summed E-state index contributed by atoms with van der Waals surface area (Å²) in [5.74, 6) is 2.43. The lowest BCUT2D eigenvalue weighted by molar-refractivity contribution is -0.146. The Morgan fingerprint density at radius 1 is 1.39 bits per heavy atom. The fraction of sp³-hybridized carbons (Fsp3) is 0.579. The Balaban J connectivity index is 1.64. The zero-order chi connectivity index (χ0) is 19.9. The lowest BCUT2D eigenvalue weighted by Crippen LogP contribution is -2.47. The fourth-order valence-electron chi connectivity index (χ4n) is 3.25. The average Bonchev–Trinajstić information content (AvgIpc) is 3.35. The van der Waals surface area contributed by atoms with E-state index in [0.29, 0.717) is 6.54 Å². The number of methoxy groups -OCH3 is 1. The van der Waals surface area contributed by atoms with E-state index in [1.165, 1.54) is 12.0 Å². The van der Waals surface area contributed by atoms with Crippen molar-refractivity contribution in [3.8, 4) is 0 Å². The number of aliphatic imine (C=N–C) groups is 1. The zero-order valence-corrected chi connectivity index (χ0v) is 17.5. The number of esters is 1. The van der Waals surface area contributed by atoms with Crippen molar-refractivity contribution in [3.05, 3.63) is 34.0 Å². The first-order chi connectivity index (χ1) is 13.6. The summed E-state index contributed by atoms with van der Waals surface area (Å²) >= 11 is 1.76. The molecule has 1 aliphatic rings. The van der Waals surface area contributed by atoms with Gasteiger partial charge in [-0.2, -0.15) is 0 Å². The third-order valence-electron chi connectivity index (χ3n) is 5.12. The van der Waals surface area contributed by atoms with Crippen molar-refractivity contribution in [1.29, 1.82) is 0 Å². The number of hydrogen-bond acceptors (Lipinski definition) is 6. The van der Waals surface area contributed by atoms with Gasteiger partial charge in [0.05, 0.1) is 13.0 Å². The molecule has 1 N–H and O–H groups in total. The van der Waals surface area contributed by atoms with E-state index in [1.54, 1.807) is 11.3 Å². The van der Waals surface area contributed by atoms with Crippen molar-refractivity contribution in [2.75, 3.05) is 26.7 Å². The van der Waals surface area contributed by atoms with Gasteiger partial charge in [-0.3, -0.25) is 4.79 Å². The number of carbonyl (C=O) groups excluding carboxylic acids is 1. The molecule has 0 spiro atoms. The number of thiophene rings is 1. The van der Waals surface area contributed by atoms with Gasteiger partial charge in [-0.15, -0.1) is 21.5 Å².